The van der Waals surface area contributed by atoms with Crippen LogP contribution in [0.2, 0.25) is 0 Å². The van der Waals surface area contributed by atoms with Gasteiger partial charge in [0.1, 0.15) is 12.1 Å². The Labute approximate surface area is 121 Å². The molecule has 0 unspecified atom stereocenters. The highest BCUT2D eigenvalue weighted by Gasteiger charge is 2.17. The van der Waals surface area contributed by atoms with E-state index in [1.165, 1.54) is 5.56 Å². The highest BCUT2D eigenvalue weighted by atomic mass is 16.3. The second kappa shape index (κ2) is 4.48. The Balaban J connectivity index is 1.80. The zero-order valence-electron chi connectivity index (χ0n) is 11.5. The van der Waals surface area contributed by atoms with Gasteiger partial charge >= 0.3 is 0 Å². The van der Waals surface area contributed by atoms with Crippen molar-refractivity contribution in [1.29, 1.82) is 0 Å². The Hall–Kier alpha value is -2.56. The molecule has 4 rings (SSSR count). The number of fused-ring (bicyclic) bond motifs is 2. The summed E-state index contributed by atoms with van der Waals surface area (Å²) in [6.45, 7) is 0.357. The highest BCUT2D eigenvalue weighted by Crippen LogP contribution is 2.23. The average molecular weight is 281 g/mol. The van der Waals surface area contributed by atoms with Crippen LogP contribution in [0, 0.1) is 0 Å². The first kappa shape index (κ1) is 12.2. The minimum atomic E-state index is -0.00845. The van der Waals surface area contributed by atoms with E-state index in [4.69, 9.17) is 10.2 Å². The topological polar surface area (TPSA) is 74.0 Å². The van der Waals surface area contributed by atoms with Crippen LogP contribution in [0.25, 0.3) is 11.1 Å². The summed E-state index contributed by atoms with van der Waals surface area (Å²) in [6, 6.07) is 9.02. The van der Waals surface area contributed by atoms with Crippen molar-refractivity contribution in [3.8, 4) is 0 Å². The van der Waals surface area contributed by atoms with E-state index in [1.807, 2.05) is 18.2 Å². The summed E-state index contributed by atoms with van der Waals surface area (Å²) in [6.07, 6.45) is 3.07. The minimum absolute atomic E-state index is 0.00845. The molecule has 3 aromatic rings. The summed E-state index contributed by atoms with van der Waals surface area (Å²) in [5, 5.41) is 0. The fourth-order valence-corrected chi connectivity index (χ4v) is 3.03. The number of nitrogens with two attached hydrogens (primary N) is 1. The molecule has 21 heavy (non-hydrogen) atoms. The number of hydrogen-bond acceptors (Lipinski definition) is 4. The monoisotopic (exact) mass is 281 g/mol. The number of anilines is 1. The number of aromatic nitrogens is 2. The van der Waals surface area contributed by atoms with Crippen LogP contribution in [0.3, 0.4) is 0 Å². The lowest BCUT2D eigenvalue weighted by Gasteiger charge is -2.09. The number of para-hydroxylation sites is 1. The standard InChI is InChI=1S/C16H15N3O2/c17-11-4-2-6-13-16(11)18-14(21-13)9-19-12-5-1-3-10(12)7-8-15(19)20/h2,4,6-8H,1,3,5,9,17H2. The van der Waals surface area contributed by atoms with E-state index >= 15 is 0 Å². The SMILES string of the molecule is Nc1cccc2oc(Cn3c4c(ccc3=O)CCC4)nc12. The minimum Gasteiger partial charge on any atom is -0.439 e. The van der Waals surface area contributed by atoms with Crippen molar-refractivity contribution in [2.24, 2.45) is 0 Å². The van der Waals surface area contributed by atoms with Crippen molar-refractivity contribution in [3.05, 3.63) is 57.8 Å². The molecule has 0 amide bonds. The van der Waals surface area contributed by atoms with E-state index in [-0.39, 0.29) is 5.56 Å². The van der Waals surface area contributed by atoms with E-state index in [0.717, 1.165) is 25.0 Å². The predicted octanol–water partition coefficient (Wildman–Crippen LogP) is 2.11. The molecule has 0 spiro atoms. The molecule has 5 heteroatoms. The number of hydrogen-bond donors (Lipinski definition) is 1. The smallest absolute Gasteiger partial charge is 0.251 e. The molecule has 0 aliphatic heterocycles. The summed E-state index contributed by atoms with van der Waals surface area (Å²) < 4.78 is 7.48. The number of aryl methyl sites for hydroxylation is 1. The number of nitrogens with zero attached hydrogens (tertiary/aromatic N) is 2. The lowest BCUT2D eigenvalue weighted by molar-refractivity contribution is 0.498. The molecular weight excluding hydrogens is 266 g/mol. The lowest BCUT2D eigenvalue weighted by atomic mass is 10.2. The Morgan fingerprint density at radius 2 is 2.14 bits per heavy atom. The third-order valence-electron chi connectivity index (χ3n) is 4.04. The van der Waals surface area contributed by atoms with Gasteiger partial charge in [-0.05, 0) is 37.0 Å². The van der Waals surface area contributed by atoms with Gasteiger partial charge in [-0.25, -0.2) is 4.98 Å². The summed E-state index contributed by atoms with van der Waals surface area (Å²) in [5.41, 5.74) is 10.2. The van der Waals surface area contributed by atoms with Crippen LogP contribution in [0.5, 0.6) is 0 Å². The van der Waals surface area contributed by atoms with E-state index < -0.39 is 0 Å². The van der Waals surface area contributed by atoms with Gasteiger partial charge in [0.2, 0.25) is 5.89 Å². The molecule has 5 nitrogen and oxygen atoms in total. The number of nitrogen functional groups attached to an aromatic ring is 1. The zero-order chi connectivity index (χ0) is 14.4. The number of benzene rings is 1. The molecule has 2 heterocycles. The molecule has 0 atom stereocenters. The molecule has 1 aliphatic rings. The third kappa shape index (κ3) is 1.93. The van der Waals surface area contributed by atoms with Gasteiger partial charge in [-0.15, -0.1) is 0 Å². The van der Waals surface area contributed by atoms with Crippen LogP contribution in [-0.2, 0) is 19.4 Å². The van der Waals surface area contributed by atoms with Crippen LogP contribution in [0.4, 0.5) is 5.69 Å². The van der Waals surface area contributed by atoms with Crippen LogP contribution in [0.1, 0.15) is 23.6 Å². The maximum atomic E-state index is 12.1. The summed E-state index contributed by atoms with van der Waals surface area (Å²) >= 11 is 0. The van der Waals surface area contributed by atoms with E-state index in [2.05, 4.69) is 4.98 Å². The molecule has 2 aromatic heterocycles. The maximum absolute atomic E-state index is 12.1. The molecule has 0 saturated heterocycles. The number of rotatable bonds is 2. The Kier molecular flexibility index (Phi) is 2.60. The van der Waals surface area contributed by atoms with Gasteiger partial charge in [0.05, 0.1) is 5.69 Å². The lowest BCUT2D eigenvalue weighted by Crippen LogP contribution is -2.23. The Bertz CT molecular complexity index is 892. The van der Waals surface area contributed by atoms with Gasteiger partial charge in [0.25, 0.3) is 5.56 Å². The molecule has 0 saturated carbocycles. The van der Waals surface area contributed by atoms with E-state index in [1.54, 1.807) is 16.7 Å². The fourth-order valence-electron chi connectivity index (χ4n) is 3.03. The highest BCUT2D eigenvalue weighted by molar-refractivity contribution is 5.85. The maximum Gasteiger partial charge on any atom is 0.251 e. The first-order valence-electron chi connectivity index (χ1n) is 7.08. The quantitative estimate of drug-likeness (QED) is 0.730. The number of pyridine rings is 1. The van der Waals surface area contributed by atoms with E-state index in [0.29, 0.717) is 29.2 Å². The van der Waals surface area contributed by atoms with Crippen molar-refractivity contribution in [3.63, 3.8) is 0 Å². The van der Waals surface area contributed by atoms with Crippen molar-refractivity contribution in [2.75, 3.05) is 5.73 Å². The predicted molar refractivity (Wildman–Crippen MR) is 80.3 cm³/mol. The van der Waals surface area contributed by atoms with Crippen molar-refractivity contribution in [2.45, 2.75) is 25.8 Å². The molecule has 106 valence electrons. The average Bonchev–Trinajstić information content (AvgIpc) is 3.09. The third-order valence-corrected chi connectivity index (χ3v) is 4.04. The number of oxazole rings is 1. The van der Waals surface area contributed by atoms with Gasteiger partial charge in [-0.2, -0.15) is 0 Å². The van der Waals surface area contributed by atoms with Crippen molar-refractivity contribution in [1.82, 2.24) is 9.55 Å². The van der Waals surface area contributed by atoms with Crippen molar-refractivity contribution < 1.29 is 4.42 Å². The van der Waals surface area contributed by atoms with Crippen LogP contribution < -0.4 is 11.3 Å². The molecule has 0 radical (unpaired) electrons. The van der Waals surface area contributed by atoms with Gasteiger partial charge in [0.15, 0.2) is 5.58 Å². The molecule has 0 fully saturated rings. The largest absolute Gasteiger partial charge is 0.439 e. The summed E-state index contributed by atoms with van der Waals surface area (Å²) in [7, 11) is 0. The normalized spacial score (nSPS) is 13.7. The fraction of sp³-hybridized carbons (Fsp3) is 0.250. The second-order valence-corrected chi connectivity index (χ2v) is 5.38. The first-order chi connectivity index (χ1) is 10.2. The van der Waals surface area contributed by atoms with Gasteiger partial charge in [0, 0.05) is 11.8 Å². The van der Waals surface area contributed by atoms with Gasteiger partial charge in [-0.1, -0.05) is 12.1 Å². The Morgan fingerprint density at radius 3 is 3.00 bits per heavy atom. The Morgan fingerprint density at radius 1 is 1.24 bits per heavy atom. The van der Waals surface area contributed by atoms with Crippen LogP contribution >= 0.6 is 0 Å². The summed E-state index contributed by atoms with van der Waals surface area (Å²) in [4.78, 5) is 16.6. The summed E-state index contributed by atoms with van der Waals surface area (Å²) in [5.74, 6) is 0.519. The molecule has 0 bridgehead atoms. The van der Waals surface area contributed by atoms with Crippen molar-refractivity contribution >= 4 is 16.8 Å². The zero-order valence-corrected chi connectivity index (χ0v) is 11.5. The molecule has 2 N–H and O–H groups in total. The first-order valence-corrected chi connectivity index (χ1v) is 7.08. The van der Waals surface area contributed by atoms with Gasteiger partial charge in [-0.3, -0.25) is 4.79 Å². The molecular formula is C16H15N3O2. The molecule has 1 aliphatic carbocycles. The van der Waals surface area contributed by atoms with Gasteiger partial charge < -0.3 is 14.7 Å². The van der Waals surface area contributed by atoms with Crippen LogP contribution in [0.15, 0.2) is 39.5 Å². The molecule has 1 aromatic carbocycles. The van der Waals surface area contributed by atoms with Crippen LogP contribution in [-0.4, -0.2) is 9.55 Å². The van der Waals surface area contributed by atoms with E-state index in [9.17, 15) is 4.79 Å². The second-order valence-electron chi connectivity index (χ2n) is 5.38.